The number of rotatable bonds is 11. The van der Waals surface area contributed by atoms with Gasteiger partial charge in [-0.05, 0) is 73.5 Å². The molecule has 7 aliphatic rings. The van der Waals surface area contributed by atoms with Crippen LogP contribution in [-0.2, 0) is 28.4 Å². The molecule has 0 aromatic heterocycles. The maximum absolute atomic E-state index is 11.9. The van der Waals surface area contributed by atoms with Gasteiger partial charge in [0, 0.05) is 31.3 Å². The van der Waals surface area contributed by atoms with E-state index in [9.17, 15) is 56.2 Å². The first kappa shape index (κ1) is 44.4. The third kappa shape index (κ3) is 6.78. The summed E-state index contributed by atoms with van der Waals surface area (Å²) in [5, 5.41) is 117. The Morgan fingerprint density at radius 2 is 1.37 bits per heavy atom. The lowest BCUT2D eigenvalue weighted by Gasteiger charge is -2.68. The predicted octanol–water partition coefficient (Wildman–Crippen LogP) is -1.89. The lowest BCUT2D eigenvalue weighted by atomic mass is 9.41. The van der Waals surface area contributed by atoms with E-state index in [2.05, 4.69) is 13.8 Å². The van der Waals surface area contributed by atoms with Crippen LogP contribution in [-0.4, -0.2) is 180 Å². The summed E-state index contributed by atoms with van der Waals surface area (Å²) in [7, 11) is 1.67. The van der Waals surface area contributed by atoms with Crippen LogP contribution in [0.2, 0.25) is 0 Å². The number of aliphatic hydroxyl groups is 11. The molecule has 4 aliphatic carbocycles. The second-order valence-electron chi connectivity index (χ2n) is 19.1. The highest BCUT2D eigenvalue weighted by Gasteiger charge is 2.74. The van der Waals surface area contributed by atoms with E-state index in [0.29, 0.717) is 25.7 Å². The highest BCUT2D eigenvalue weighted by Crippen LogP contribution is 2.72. The zero-order chi connectivity index (χ0) is 41.6. The van der Waals surface area contributed by atoms with Crippen LogP contribution in [0.3, 0.4) is 0 Å². The van der Waals surface area contributed by atoms with E-state index in [4.69, 9.17) is 28.4 Å². The van der Waals surface area contributed by atoms with Gasteiger partial charge in [0.25, 0.3) is 0 Å². The van der Waals surface area contributed by atoms with Crippen LogP contribution in [0.15, 0.2) is 0 Å². The molecule has 11 N–H and O–H groups in total. The molecule has 0 bridgehead atoms. The Morgan fingerprint density at radius 1 is 0.754 bits per heavy atom. The van der Waals surface area contributed by atoms with Gasteiger partial charge in [-0.15, -0.1) is 0 Å². The summed E-state index contributed by atoms with van der Waals surface area (Å²) in [6.45, 7) is 7.41. The Morgan fingerprint density at radius 3 is 1.98 bits per heavy atom. The van der Waals surface area contributed by atoms with Crippen LogP contribution in [0, 0.1) is 46.3 Å². The van der Waals surface area contributed by atoms with Crippen LogP contribution in [0.1, 0.15) is 79.1 Å². The van der Waals surface area contributed by atoms with Gasteiger partial charge in [-0.25, -0.2) is 0 Å². The Kier molecular flexibility index (Phi) is 12.6. The average molecular weight is 821 g/mol. The second kappa shape index (κ2) is 16.2. The molecular formula is C40H68O17. The molecule has 3 saturated heterocycles. The lowest BCUT2D eigenvalue weighted by molar-refractivity contribution is -0.389. The fourth-order valence-electron chi connectivity index (χ4n) is 13.2. The van der Waals surface area contributed by atoms with Crippen molar-refractivity contribution in [2.75, 3.05) is 26.9 Å². The molecule has 0 radical (unpaired) electrons. The van der Waals surface area contributed by atoms with E-state index >= 15 is 0 Å². The second-order valence-corrected chi connectivity index (χ2v) is 19.1. The van der Waals surface area contributed by atoms with Crippen molar-refractivity contribution < 1.29 is 84.6 Å². The Bertz CT molecular complexity index is 1390. The molecule has 4 saturated carbocycles. The molecule has 0 amide bonds. The van der Waals surface area contributed by atoms with Crippen molar-refractivity contribution >= 4 is 0 Å². The van der Waals surface area contributed by atoms with Gasteiger partial charge in [-0.1, -0.05) is 27.7 Å². The van der Waals surface area contributed by atoms with E-state index in [1.165, 1.54) is 0 Å². The molecule has 0 aromatic rings. The monoisotopic (exact) mass is 820 g/mol. The number of hydrogen-bond acceptors (Lipinski definition) is 17. The lowest BCUT2D eigenvalue weighted by Crippen LogP contribution is -2.76. The minimum atomic E-state index is -1.72. The molecule has 57 heavy (non-hydrogen) atoms. The molecule has 330 valence electrons. The minimum Gasteiger partial charge on any atom is -0.394 e. The quantitative estimate of drug-likeness (QED) is 0.102. The van der Waals surface area contributed by atoms with Crippen LogP contribution in [0.4, 0.5) is 0 Å². The maximum atomic E-state index is 11.9. The zero-order valence-corrected chi connectivity index (χ0v) is 33.7. The Hall–Kier alpha value is -0.680. The number of fused-ring (bicyclic) bond motifs is 7. The SMILES string of the molecule is CO[C@]1(CC[C@H](C)CO[C@@H]2O[C@H](CO)[C@@H](O)[C@H](O)[C@H]2O)O[C@H]2C[C@H]3[C@@H]4CC[C@]5(O[C@@H]6O[C@H](CO)[C@@H](O)[C@H](O)[C@H]6O)[C@@H](O)[C@@H](O)C[C@@H](O)[C@]5(C)[C@H]4CC[C@]3(C)[C@H]2[C@@H]1C. The molecule has 0 aromatic carbocycles. The summed E-state index contributed by atoms with van der Waals surface area (Å²) in [5.74, 6) is -0.547. The van der Waals surface area contributed by atoms with E-state index in [-0.39, 0.29) is 66.5 Å². The number of hydrogen-bond donors (Lipinski definition) is 11. The van der Waals surface area contributed by atoms with Crippen LogP contribution in [0.5, 0.6) is 0 Å². The van der Waals surface area contributed by atoms with Gasteiger partial charge in [0.1, 0.15) is 60.5 Å². The van der Waals surface area contributed by atoms with Gasteiger partial charge in [-0.2, -0.15) is 0 Å². The molecule has 3 heterocycles. The van der Waals surface area contributed by atoms with Crippen LogP contribution in [0.25, 0.3) is 0 Å². The summed E-state index contributed by atoms with van der Waals surface area (Å²) in [6.07, 6.45) is -14.2. The third-order valence-electron chi connectivity index (χ3n) is 16.5. The summed E-state index contributed by atoms with van der Waals surface area (Å²) in [5.41, 5.74) is -2.84. The summed E-state index contributed by atoms with van der Waals surface area (Å²) in [6, 6.07) is 0. The highest BCUT2D eigenvalue weighted by atomic mass is 16.7. The summed E-state index contributed by atoms with van der Waals surface area (Å²) in [4.78, 5) is 0. The molecule has 0 unspecified atom stereocenters. The van der Waals surface area contributed by atoms with Crippen LogP contribution >= 0.6 is 0 Å². The maximum Gasteiger partial charge on any atom is 0.187 e. The van der Waals surface area contributed by atoms with E-state index in [1.54, 1.807) is 7.11 Å². The van der Waals surface area contributed by atoms with Gasteiger partial charge >= 0.3 is 0 Å². The van der Waals surface area contributed by atoms with E-state index < -0.39 is 110 Å². The van der Waals surface area contributed by atoms with E-state index in [1.807, 2.05) is 13.8 Å². The fourth-order valence-corrected chi connectivity index (χ4v) is 13.2. The van der Waals surface area contributed by atoms with Gasteiger partial charge < -0.3 is 84.6 Å². The van der Waals surface area contributed by atoms with Gasteiger partial charge in [0.15, 0.2) is 18.4 Å². The van der Waals surface area contributed by atoms with Crippen molar-refractivity contribution in [1.82, 2.24) is 0 Å². The summed E-state index contributed by atoms with van der Waals surface area (Å²) < 4.78 is 36.9. The van der Waals surface area contributed by atoms with Gasteiger partial charge in [0.05, 0.1) is 38.1 Å². The van der Waals surface area contributed by atoms with Crippen molar-refractivity contribution in [3.63, 3.8) is 0 Å². The molecule has 7 rings (SSSR count). The number of methoxy groups -OCH3 is 1. The molecule has 24 atom stereocenters. The smallest absolute Gasteiger partial charge is 0.187 e. The largest absolute Gasteiger partial charge is 0.394 e. The van der Waals surface area contributed by atoms with E-state index in [0.717, 1.165) is 12.8 Å². The first-order chi connectivity index (χ1) is 26.8. The average Bonchev–Trinajstić information content (AvgIpc) is 3.65. The van der Waals surface area contributed by atoms with Crippen LogP contribution < -0.4 is 0 Å². The van der Waals surface area contributed by atoms with Gasteiger partial charge in [-0.3, -0.25) is 0 Å². The highest BCUT2D eigenvalue weighted by molar-refractivity contribution is 5.22. The summed E-state index contributed by atoms with van der Waals surface area (Å²) >= 11 is 0. The third-order valence-corrected chi connectivity index (χ3v) is 16.5. The zero-order valence-electron chi connectivity index (χ0n) is 33.7. The van der Waals surface area contributed by atoms with Gasteiger partial charge in [0.2, 0.25) is 0 Å². The molecule has 3 aliphatic heterocycles. The Labute approximate surface area is 333 Å². The molecule has 0 spiro atoms. The predicted molar refractivity (Wildman–Crippen MR) is 195 cm³/mol. The number of aliphatic hydroxyl groups excluding tert-OH is 11. The fraction of sp³-hybridized carbons (Fsp3) is 1.00. The molecule has 17 nitrogen and oxygen atoms in total. The van der Waals surface area contributed by atoms with Crippen molar-refractivity contribution in [3.05, 3.63) is 0 Å². The Balaban J connectivity index is 1.05. The molecule has 17 heteroatoms. The number of ether oxygens (including phenoxy) is 6. The van der Waals surface area contributed by atoms with Crippen molar-refractivity contribution in [3.8, 4) is 0 Å². The molecule has 7 fully saturated rings. The minimum absolute atomic E-state index is 0.0163. The van der Waals surface area contributed by atoms with Crippen molar-refractivity contribution in [2.24, 2.45) is 46.3 Å². The molecular weight excluding hydrogens is 752 g/mol. The first-order valence-corrected chi connectivity index (χ1v) is 21.0. The first-order valence-electron chi connectivity index (χ1n) is 21.0. The normalized spacial score (nSPS) is 56.7. The van der Waals surface area contributed by atoms with Crippen molar-refractivity contribution in [2.45, 2.75) is 176 Å². The standard InChI is InChI=1S/C40H68O17/c1-17(16-53-35-32(49)30(47)28(45)24(14-41)54-35)6-11-40(52-5)18(2)27-23(56-40)12-21-19-7-10-39(57-36-33(50)31(48)29(46)25(15-42)55-36)34(51)22(43)13-26(44)38(39,4)20(19)8-9-37(21,27)3/h17-36,41-51H,6-16H2,1-5H3/t17-,18-,19+,20-,21-,22-,23-,24+,25+,26+,27-,28+,29+,30-,31-,32+,33+,34-,35+,36-,37-,38-,39-,40+/m0/s1. The topological polar surface area (TPSA) is 278 Å². The van der Waals surface area contributed by atoms with Crippen molar-refractivity contribution in [1.29, 1.82) is 0 Å².